The van der Waals surface area contributed by atoms with Crippen LogP contribution in [0.4, 0.5) is 0 Å². The Morgan fingerprint density at radius 2 is 2.20 bits per heavy atom. The Morgan fingerprint density at radius 3 is 2.70 bits per heavy atom. The van der Waals surface area contributed by atoms with E-state index in [9.17, 15) is 0 Å². The molecule has 0 radical (unpaired) electrons. The summed E-state index contributed by atoms with van der Waals surface area (Å²) in [6, 6.07) is 0. The minimum absolute atomic E-state index is 0.795. The molecule has 58 valence electrons. The second kappa shape index (κ2) is 6.56. The third-order valence-corrected chi connectivity index (χ3v) is 1.35. The van der Waals surface area contributed by atoms with Gasteiger partial charge in [-0.15, -0.1) is 0 Å². The fourth-order valence-electron chi connectivity index (χ4n) is 0.815. The highest BCUT2D eigenvalue weighted by atomic mass is 14.5. The van der Waals surface area contributed by atoms with Crippen LogP contribution in [0.3, 0.4) is 0 Å². The van der Waals surface area contributed by atoms with Gasteiger partial charge in [0.15, 0.2) is 0 Å². The van der Waals surface area contributed by atoms with E-state index in [-0.39, 0.29) is 0 Å². The Morgan fingerprint density at radius 1 is 1.50 bits per heavy atom. The molecular weight excluding hydrogens is 122 g/mol. The molecule has 0 unspecified atom stereocenters. The Hall–Kier alpha value is -0.560. The number of hydrogen-bond donors (Lipinski definition) is 1. The van der Waals surface area contributed by atoms with Crippen LogP contribution in [0.1, 0.15) is 26.2 Å². The molecule has 0 spiro atoms. The summed E-state index contributed by atoms with van der Waals surface area (Å²) in [5.74, 6) is 0. The molecule has 0 rings (SSSR count). The van der Waals surface area contributed by atoms with E-state index in [0.717, 1.165) is 19.4 Å². The molecule has 0 aliphatic heterocycles. The molecule has 0 saturated carbocycles. The zero-order valence-electron chi connectivity index (χ0n) is 6.77. The Bertz CT molecular complexity index is 114. The van der Waals surface area contributed by atoms with E-state index in [1.165, 1.54) is 12.0 Å². The van der Waals surface area contributed by atoms with Gasteiger partial charge in [-0.05, 0) is 32.7 Å². The topological polar surface area (TPSA) is 26.0 Å². The summed E-state index contributed by atoms with van der Waals surface area (Å²) in [5.41, 5.74) is 6.55. The monoisotopic (exact) mass is 139 g/mol. The maximum atomic E-state index is 5.34. The van der Waals surface area contributed by atoms with Crippen LogP contribution in [0.25, 0.3) is 0 Å². The molecule has 0 bridgehead atoms. The van der Waals surface area contributed by atoms with Crippen molar-refractivity contribution < 1.29 is 0 Å². The summed E-state index contributed by atoms with van der Waals surface area (Å²) in [6.45, 7) is 6.69. The molecule has 1 nitrogen and oxygen atoms in total. The zero-order chi connectivity index (χ0) is 7.82. The SMILES string of the molecule is C=C(/C=C\C)CCCCN. The minimum Gasteiger partial charge on any atom is -0.330 e. The smallest absolute Gasteiger partial charge is 0.00772 e. The lowest BCUT2D eigenvalue weighted by Gasteiger charge is -1.97. The second-order valence-corrected chi connectivity index (χ2v) is 2.40. The lowest BCUT2D eigenvalue weighted by atomic mass is 10.1. The van der Waals surface area contributed by atoms with Crippen molar-refractivity contribution in [3.63, 3.8) is 0 Å². The second-order valence-electron chi connectivity index (χ2n) is 2.40. The van der Waals surface area contributed by atoms with Gasteiger partial charge < -0.3 is 5.73 Å². The predicted octanol–water partition coefficient (Wildman–Crippen LogP) is 2.25. The van der Waals surface area contributed by atoms with Crippen molar-refractivity contribution in [2.75, 3.05) is 6.54 Å². The van der Waals surface area contributed by atoms with Crippen LogP contribution in [-0.4, -0.2) is 6.54 Å². The molecule has 0 fully saturated rings. The van der Waals surface area contributed by atoms with Gasteiger partial charge in [0.2, 0.25) is 0 Å². The lowest BCUT2D eigenvalue weighted by molar-refractivity contribution is 0.748. The quantitative estimate of drug-likeness (QED) is 0.459. The van der Waals surface area contributed by atoms with Crippen molar-refractivity contribution in [1.29, 1.82) is 0 Å². The van der Waals surface area contributed by atoms with E-state index < -0.39 is 0 Å². The van der Waals surface area contributed by atoms with Crippen molar-refractivity contribution >= 4 is 0 Å². The van der Waals surface area contributed by atoms with Gasteiger partial charge in [-0.3, -0.25) is 0 Å². The molecule has 0 saturated heterocycles. The molecule has 0 aliphatic carbocycles. The average molecular weight is 139 g/mol. The van der Waals surface area contributed by atoms with Crippen LogP contribution in [0, 0.1) is 0 Å². The zero-order valence-corrected chi connectivity index (χ0v) is 6.77. The average Bonchev–Trinajstić information content (AvgIpc) is 1.89. The molecule has 10 heavy (non-hydrogen) atoms. The fraction of sp³-hybridized carbons (Fsp3) is 0.556. The first-order valence-electron chi connectivity index (χ1n) is 3.81. The minimum atomic E-state index is 0.795. The third-order valence-electron chi connectivity index (χ3n) is 1.35. The molecule has 0 atom stereocenters. The number of rotatable bonds is 5. The molecule has 0 aliphatic rings. The Balaban J connectivity index is 3.22. The van der Waals surface area contributed by atoms with Gasteiger partial charge in [0.05, 0.1) is 0 Å². The summed E-state index contributed by atoms with van der Waals surface area (Å²) in [7, 11) is 0. The maximum Gasteiger partial charge on any atom is -0.00772 e. The molecule has 0 aromatic heterocycles. The van der Waals surface area contributed by atoms with E-state index in [0.29, 0.717) is 0 Å². The molecule has 0 aromatic carbocycles. The van der Waals surface area contributed by atoms with Gasteiger partial charge in [0, 0.05) is 0 Å². The van der Waals surface area contributed by atoms with Crippen molar-refractivity contribution in [3.8, 4) is 0 Å². The summed E-state index contributed by atoms with van der Waals surface area (Å²) >= 11 is 0. The normalized spacial score (nSPS) is 10.6. The van der Waals surface area contributed by atoms with Crippen LogP contribution in [0.5, 0.6) is 0 Å². The van der Waals surface area contributed by atoms with Crippen LogP contribution in [-0.2, 0) is 0 Å². The van der Waals surface area contributed by atoms with Crippen molar-refractivity contribution in [1.82, 2.24) is 0 Å². The van der Waals surface area contributed by atoms with Crippen molar-refractivity contribution in [2.24, 2.45) is 5.73 Å². The van der Waals surface area contributed by atoms with Gasteiger partial charge >= 0.3 is 0 Å². The van der Waals surface area contributed by atoms with Gasteiger partial charge in [-0.1, -0.05) is 24.3 Å². The molecule has 1 heteroatoms. The number of hydrogen-bond acceptors (Lipinski definition) is 1. The maximum absolute atomic E-state index is 5.34. The van der Waals surface area contributed by atoms with Crippen LogP contribution in [0.15, 0.2) is 24.3 Å². The van der Waals surface area contributed by atoms with E-state index in [2.05, 4.69) is 12.7 Å². The van der Waals surface area contributed by atoms with Gasteiger partial charge in [0.25, 0.3) is 0 Å². The third kappa shape index (κ3) is 5.57. The van der Waals surface area contributed by atoms with E-state index in [1.54, 1.807) is 0 Å². The van der Waals surface area contributed by atoms with Crippen molar-refractivity contribution in [3.05, 3.63) is 24.3 Å². The first-order valence-corrected chi connectivity index (χ1v) is 3.81. The van der Waals surface area contributed by atoms with Gasteiger partial charge in [0.1, 0.15) is 0 Å². The largest absolute Gasteiger partial charge is 0.330 e. The van der Waals surface area contributed by atoms with Crippen molar-refractivity contribution in [2.45, 2.75) is 26.2 Å². The first kappa shape index (κ1) is 9.44. The van der Waals surface area contributed by atoms with E-state index >= 15 is 0 Å². The van der Waals surface area contributed by atoms with Gasteiger partial charge in [-0.25, -0.2) is 0 Å². The summed E-state index contributed by atoms with van der Waals surface area (Å²) in [5, 5.41) is 0. The predicted molar refractivity (Wildman–Crippen MR) is 46.9 cm³/mol. The van der Waals surface area contributed by atoms with E-state index in [4.69, 9.17) is 5.73 Å². The highest BCUT2D eigenvalue weighted by molar-refractivity contribution is 5.12. The molecular formula is C9H17N. The first-order chi connectivity index (χ1) is 4.81. The fourth-order valence-corrected chi connectivity index (χ4v) is 0.815. The molecule has 0 aromatic rings. The number of nitrogens with two attached hydrogens (primary N) is 1. The summed E-state index contributed by atoms with van der Waals surface area (Å²) in [4.78, 5) is 0. The molecule has 0 amide bonds. The standard InChI is InChI=1S/C9H17N/c1-3-6-9(2)7-4-5-8-10/h3,6H,2,4-5,7-8,10H2,1H3/b6-3-. The number of unbranched alkanes of at least 4 members (excludes halogenated alkanes) is 1. The Labute approximate surface area is 63.6 Å². The van der Waals surface area contributed by atoms with Crippen LogP contribution < -0.4 is 5.73 Å². The molecule has 2 N–H and O–H groups in total. The summed E-state index contributed by atoms with van der Waals surface area (Å²) < 4.78 is 0. The molecule has 0 heterocycles. The van der Waals surface area contributed by atoms with Crippen LogP contribution >= 0.6 is 0 Å². The Kier molecular flexibility index (Phi) is 6.19. The summed E-state index contributed by atoms with van der Waals surface area (Å²) in [6.07, 6.45) is 7.43. The van der Waals surface area contributed by atoms with E-state index in [1.807, 2.05) is 13.0 Å². The highest BCUT2D eigenvalue weighted by Crippen LogP contribution is 2.04. The van der Waals surface area contributed by atoms with Crippen LogP contribution in [0.2, 0.25) is 0 Å². The lowest BCUT2D eigenvalue weighted by Crippen LogP contribution is -1.97. The highest BCUT2D eigenvalue weighted by Gasteiger charge is 1.87. The van der Waals surface area contributed by atoms with Gasteiger partial charge in [-0.2, -0.15) is 0 Å². The number of allylic oxidation sites excluding steroid dienone is 3.